The van der Waals surface area contributed by atoms with Crippen LogP contribution in [0.5, 0.6) is 5.75 Å². The molecule has 2 N–H and O–H groups in total. The highest BCUT2D eigenvalue weighted by Crippen LogP contribution is 2.49. The second-order valence-electron chi connectivity index (χ2n) is 7.27. The number of benzene rings is 3. The first kappa shape index (κ1) is 17.0. The fourth-order valence-electron chi connectivity index (χ4n) is 4.50. The van der Waals surface area contributed by atoms with Crippen molar-refractivity contribution in [1.82, 2.24) is 5.32 Å². The van der Waals surface area contributed by atoms with Gasteiger partial charge in [0.25, 0.3) is 5.91 Å². The zero-order valence-corrected chi connectivity index (χ0v) is 15.2. The fourth-order valence-corrected chi connectivity index (χ4v) is 4.50. The van der Waals surface area contributed by atoms with E-state index in [2.05, 4.69) is 5.32 Å². The second-order valence-corrected chi connectivity index (χ2v) is 7.27. The molecule has 5 rings (SSSR count). The van der Waals surface area contributed by atoms with Gasteiger partial charge < -0.3 is 10.0 Å². The molecule has 140 valence electrons. The molecule has 2 aliphatic rings. The molecule has 2 heterocycles. The molecule has 0 saturated carbocycles. The summed E-state index contributed by atoms with van der Waals surface area (Å²) >= 11 is 0. The molecule has 0 aliphatic carbocycles. The van der Waals surface area contributed by atoms with E-state index < -0.39 is 5.54 Å². The molecule has 3 aromatic rings. The Bertz CT molecular complexity index is 1080. The lowest BCUT2D eigenvalue weighted by molar-refractivity contribution is -0.123. The minimum atomic E-state index is -1.10. The van der Waals surface area contributed by atoms with Crippen LogP contribution in [0.2, 0.25) is 0 Å². The number of amides is 1. The zero-order chi connectivity index (χ0) is 19.3. The monoisotopic (exact) mass is 374 g/mol. The van der Waals surface area contributed by atoms with Crippen molar-refractivity contribution >= 4 is 11.6 Å². The van der Waals surface area contributed by atoms with Crippen LogP contribution in [-0.2, 0) is 23.3 Å². The molecule has 0 bridgehead atoms. The van der Waals surface area contributed by atoms with E-state index in [0.717, 1.165) is 28.8 Å². The van der Waals surface area contributed by atoms with E-state index >= 15 is 0 Å². The van der Waals surface area contributed by atoms with Crippen molar-refractivity contribution in [3.63, 3.8) is 0 Å². The third kappa shape index (κ3) is 2.29. The van der Waals surface area contributed by atoms with Gasteiger partial charge in [0.2, 0.25) is 0 Å². The molecule has 1 unspecified atom stereocenters. The highest BCUT2D eigenvalue weighted by atomic mass is 19.1. The minimum absolute atomic E-state index is 0.122. The highest BCUT2D eigenvalue weighted by molar-refractivity contribution is 6.10. The smallest absolute Gasteiger partial charge is 0.257 e. The van der Waals surface area contributed by atoms with Gasteiger partial charge in [0.1, 0.15) is 11.6 Å². The number of halogens is 1. The molecule has 0 saturated heterocycles. The Hall–Kier alpha value is -3.18. The number of phenolic OH excluding ortho intramolecular Hbond substituents is 1. The quantitative estimate of drug-likeness (QED) is 0.722. The van der Waals surface area contributed by atoms with Gasteiger partial charge in [-0.3, -0.25) is 10.1 Å². The summed E-state index contributed by atoms with van der Waals surface area (Å²) in [7, 11) is 0. The summed E-state index contributed by atoms with van der Waals surface area (Å²) in [5.41, 5.74) is 3.00. The van der Waals surface area contributed by atoms with Crippen LogP contribution in [-0.4, -0.2) is 17.6 Å². The molecule has 3 aromatic carbocycles. The Morgan fingerprint density at radius 3 is 2.64 bits per heavy atom. The molecule has 2 aliphatic heterocycles. The Labute approximate surface area is 162 Å². The summed E-state index contributed by atoms with van der Waals surface area (Å²) in [4.78, 5) is 15.5. The lowest BCUT2D eigenvalue weighted by Gasteiger charge is -2.36. The number of nitrogens with one attached hydrogen (secondary N) is 1. The first-order valence-corrected chi connectivity index (χ1v) is 9.33. The average Bonchev–Trinajstić information content (AvgIpc) is 2.93. The molecule has 1 atom stereocenters. The van der Waals surface area contributed by atoms with Gasteiger partial charge in [0.05, 0.1) is 12.2 Å². The molecular weight excluding hydrogens is 355 g/mol. The molecule has 5 heteroatoms. The number of fused-ring (bicyclic) bond motifs is 4. The van der Waals surface area contributed by atoms with Crippen molar-refractivity contribution in [2.75, 3.05) is 11.4 Å². The van der Waals surface area contributed by atoms with Crippen molar-refractivity contribution in [3.8, 4) is 5.75 Å². The minimum Gasteiger partial charge on any atom is -0.508 e. The maximum absolute atomic E-state index is 13.8. The van der Waals surface area contributed by atoms with Gasteiger partial charge >= 0.3 is 0 Å². The molecule has 28 heavy (non-hydrogen) atoms. The van der Waals surface area contributed by atoms with Crippen molar-refractivity contribution in [1.29, 1.82) is 0 Å². The van der Waals surface area contributed by atoms with E-state index in [1.54, 1.807) is 23.1 Å². The van der Waals surface area contributed by atoms with Gasteiger partial charge in [-0.2, -0.15) is 0 Å². The molecule has 0 aromatic heterocycles. The van der Waals surface area contributed by atoms with Gasteiger partial charge in [0.15, 0.2) is 5.54 Å². The summed E-state index contributed by atoms with van der Waals surface area (Å²) in [5.74, 6) is -0.307. The standard InChI is InChI=1S/C23H19FN2O2/c24-17-10-8-15(9-11-17)14-26-19-6-2-1-5-18(19)23(22(26)28)21-16(12-13-25-23)4-3-7-20(21)27/h1-11,25,27H,12-14H2. The lowest BCUT2D eigenvalue weighted by atomic mass is 9.77. The lowest BCUT2D eigenvalue weighted by Crippen LogP contribution is -2.54. The average molecular weight is 374 g/mol. The Kier molecular flexibility index (Phi) is 3.74. The van der Waals surface area contributed by atoms with Crippen molar-refractivity contribution < 1.29 is 14.3 Å². The van der Waals surface area contributed by atoms with Crippen LogP contribution in [0.3, 0.4) is 0 Å². The predicted octanol–water partition coefficient (Wildman–Crippen LogP) is 3.47. The summed E-state index contributed by atoms with van der Waals surface area (Å²) in [6, 6.07) is 19.3. The Morgan fingerprint density at radius 2 is 1.82 bits per heavy atom. The summed E-state index contributed by atoms with van der Waals surface area (Å²) < 4.78 is 13.3. The number of anilines is 1. The van der Waals surface area contributed by atoms with E-state index in [9.17, 15) is 14.3 Å². The number of aromatic hydroxyl groups is 1. The second kappa shape index (κ2) is 6.17. The first-order valence-electron chi connectivity index (χ1n) is 9.33. The SMILES string of the molecule is O=C1N(Cc2ccc(F)cc2)c2ccccc2C12NCCc1cccc(O)c12. The third-order valence-electron chi connectivity index (χ3n) is 5.71. The maximum Gasteiger partial charge on any atom is 0.257 e. The van der Waals surface area contributed by atoms with Gasteiger partial charge in [-0.05, 0) is 41.8 Å². The van der Waals surface area contributed by atoms with E-state index in [4.69, 9.17) is 0 Å². The molecule has 4 nitrogen and oxygen atoms in total. The highest BCUT2D eigenvalue weighted by Gasteiger charge is 2.55. The van der Waals surface area contributed by atoms with E-state index in [0.29, 0.717) is 18.7 Å². The van der Waals surface area contributed by atoms with Crippen LogP contribution in [0, 0.1) is 5.82 Å². The Morgan fingerprint density at radius 1 is 1.04 bits per heavy atom. The van der Waals surface area contributed by atoms with E-state index in [1.165, 1.54) is 12.1 Å². The largest absolute Gasteiger partial charge is 0.508 e. The topological polar surface area (TPSA) is 52.6 Å². The summed E-state index contributed by atoms with van der Waals surface area (Å²) in [6.45, 7) is 0.976. The number of hydrogen-bond donors (Lipinski definition) is 2. The van der Waals surface area contributed by atoms with Crippen LogP contribution in [0.25, 0.3) is 0 Å². The predicted molar refractivity (Wildman–Crippen MR) is 105 cm³/mol. The van der Waals surface area contributed by atoms with Crippen molar-refractivity contribution in [2.24, 2.45) is 0 Å². The summed E-state index contributed by atoms with van der Waals surface area (Å²) in [5, 5.41) is 14.1. The first-order chi connectivity index (χ1) is 13.6. The fraction of sp³-hybridized carbons (Fsp3) is 0.174. The van der Waals surface area contributed by atoms with Gasteiger partial charge in [-0.1, -0.05) is 42.5 Å². The maximum atomic E-state index is 13.8. The molecule has 0 fully saturated rings. The van der Waals surface area contributed by atoms with E-state index in [-0.39, 0.29) is 17.5 Å². The number of rotatable bonds is 2. The van der Waals surface area contributed by atoms with Crippen LogP contribution >= 0.6 is 0 Å². The van der Waals surface area contributed by atoms with E-state index in [1.807, 2.05) is 36.4 Å². The number of phenols is 1. The van der Waals surface area contributed by atoms with Crippen molar-refractivity contribution in [2.45, 2.75) is 18.5 Å². The molecule has 1 spiro atoms. The van der Waals surface area contributed by atoms with Crippen LogP contribution in [0.1, 0.15) is 22.3 Å². The van der Waals surface area contributed by atoms with Crippen LogP contribution in [0.4, 0.5) is 10.1 Å². The number of hydrogen-bond acceptors (Lipinski definition) is 3. The zero-order valence-electron chi connectivity index (χ0n) is 15.2. The third-order valence-corrected chi connectivity index (χ3v) is 5.71. The summed E-state index contributed by atoms with van der Waals surface area (Å²) in [6.07, 6.45) is 0.749. The van der Waals surface area contributed by atoms with Gasteiger partial charge in [0, 0.05) is 17.7 Å². The van der Waals surface area contributed by atoms with Gasteiger partial charge in [-0.25, -0.2) is 4.39 Å². The molecule has 1 amide bonds. The number of para-hydroxylation sites is 1. The molecular formula is C23H19FN2O2. The molecule has 0 radical (unpaired) electrons. The Balaban J connectivity index is 1.68. The van der Waals surface area contributed by atoms with Crippen LogP contribution < -0.4 is 10.2 Å². The number of carbonyl (C=O) groups is 1. The van der Waals surface area contributed by atoms with Crippen molar-refractivity contribution in [3.05, 3.63) is 94.8 Å². The van der Waals surface area contributed by atoms with Gasteiger partial charge in [-0.15, -0.1) is 0 Å². The number of carbonyl (C=O) groups excluding carboxylic acids is 1. The normalized spacial score (nSPS) is 20.3. The van der Waals surface area contributed by atoms with Crippen LogP contribution in [0.15, 0.2) is 66.7 Å². The number of nitrogens with zero attached hydrogens (tertiary/aromatic N) is 1.